The lowest BCUT2D eigenvalue weighted by molar-refractivity contribution is -0.140. The van der Waals surface area contributed by atoms with Crippen LogP contribution in [-0.2, 0) is 11.3 Å². The van der Waals surface area contributed by atoms with Gasteiger partial charge in [-0.3, -0.25) is 9.69 Å². The normalized spacial score (nSPS) is 22.8. The molecule has 2 rings (SSSR count). The number of carbonyl (C=O) groups is 1. The molecule has 0 aromatic carbocycles. The number of aliphatic carboxylic acids is 1. The Bertz CT molecular complexity index is 327. The molecule has 82 valence electrons. The van der Waals surface area contributed by atoms with Gasteiger partial charge >= 0.3 is 5.97 Å². The second kappa shape index (κ2) is 4.37. The highest BCUT2D eigenvalue weighted by Crippen LogP contribution is 2.04. The van der Waals surface area contributed by atoms with E-state index in [0.717, 1.165) is 12.2 Å². The third-order valence-corrected chi connectivity index (χ3v) is 2.35. The maximum atomic E-state index is 10.8. The number of nitrogens with zero attached hydrogens (tertiary/aromatic N) is 3. The SMILES string of the molecule is O=C(O)C1CN(Cc2cnon2)CCN1. The molecule has 2 N–H and O–H groups in total. The van der Waals surface area contributed by atoms with E-state index in [2.05, 4.69) is 20.3 Å². The summed E-state index contributed by atoms with van der Waals surface area (Å²) in [5, 5.41) is 19.0. The number of carboxylic acids is 1. The average Bonchev–Trinajstić information content (AvgIpc) is 2.71. The Morgan fingerprint density at radius 2 is 2.67 bits per heavy atom. The van der Waals surface area contributed by atoms with E-state index in [4.69, 9.17) is 5.11 Å². The predicted octanol–water partition coefficient (Wildman–Crippen LogP) is -1.07. The molecule has 0 spiro atoms. The van der Waals surface area contributed by atoms with Gasteiger partial charge in [-0.05, 0) is 0 Å². The van der Waals surface area contributed by atoms with Gasteiger partial charge in [0.05, 0.1) is 6.20 Å². The summed E-state index contributed by atoms with van der Waals surface area (Å²) < 4.78 is 4.47. The molecule has 2 heterocycles. The van der Waals surface area contributed by atoms with Crippen LogP contribution in [0.3, 0.4) is 0 Å². The molecular weight excluding hydrogens is 200 g/mol. The minimum absolute atomic E-state index is 0.474. The van der Waals surface area contributed by atoms with Crippen LogP contribution in [0.5, 0.6) is 0 Å². The maximum Gasteiger partial charge on any atom is 0.322 e. The molecule has 7 nitrogen and oxygen atoms in total. The van der Waals surface area contributed by atoms with Crippen molar-refractivity contribution in [1.82, 2.24) is 20.5 Å². The second-order valence-corrected chi connectivity index (χ2v) is 3.48. The van der Waals surface area contributed by atoms with Crippen LogP contribution < -0.4 is 5.32 Å². The first-order valence-corrected chi connectivity index (χ1v) is 4.70. The van der Waals surface area contributed by atoms with Gasteiger partial charge in [-0.25, -0.2) is 4.63 Å². The van der Waals surface area contributed by atoms with Crippen LogP contribution in [0.15, 0.2) is 10.8 Å². The van der Waals surface area contributed by atoms with E-state index in [1.54, 1.807) is 0 Å². The Labute approximate surface area is 86.0 Å². The van der Waals surface area contributed by atoms with E-state index < -0.39 is 12.0 Å². The van der Waals surface area contributed by atoms with E-state index >= 15 is 0 Å². The molecule has 1 aliphatic heterocycles. The third kappa shape index (κ3) is 2.51. The zero-order valence-corrected chi connectivity index (χ0v) is 8.09. The molecule has 1 aliphatic rings. The van der Waals surface area contributed by atoms with Gasteiger partial charge in [0.2, 0.25) is 0 Å². The van der Waals surface area contributed by atoms with Crippen molar-refractivity contribution in [2.24, 2.45) is 0 Å². The Hall–Kier alpha value is -1.47. The van der Waals surface area contributed by atoms with Crippen molar-refractivity contribution >= 4 is 5.97 Å². The molecule has 1 fully saturated rings. The largest absolute Gasteiger partial charge is 0.480 e. The Morgan fingerprint density at radius 1 is 1.80 bits per heavy atom. The summed E-state index contributed by atoms with van der Waals surface area (Å²) in [5.41, 5.74) is 0.723. The van der Waals surface area contributed by atoms with Gasteiger partial charge in [0.1, 0.15) is 11.7 Å². The quantitative estimate of drug-likeness (QED) is 0.659. The summed E-state index contributed by atoms with van der Waals surface area (Å²) in [6, 6.07) is -0.501. The minimum Gasteiger partial charge on any atom is -0.480 e. The number of hydrogen-bond acceptors (Lipinski definition) is 6. The summed E-state index contributed by atoms with van der Waals surface area (Å²) in [5.74, 6) is -0.821. The van der Waals surface area contributed by atoms with Gasteiger partial charge in [-0.15, -0.1) is 0 Å². The number of nitrogens with one attached hydrogen (secondary N) is 1. The van der Waals surface area contributed by atoms with Crippen LogP contribution >= 0.6 is 0 Å². The van der Waals surface area contributed by atoms with E-state index in [9.17, 15) is 4.79 Å². The van der Waals surface area contributed by atoms with Crippen molar-refractivity contribution in [1.29, 1.82) is 0 Å². The molecule has 0 radical (unpaired) electrons. The Balaban J connectivity index is 1.90. The summed E-state index contributed by atoms with van der Waals surface area (Å²) in [6.45, 7) is 2.52. The van der Waals surface area contributed by atoms with Gasteiger partial charge in [0.15, 0.2) is 0 Å². The van der Waals surface area contributed by atoms with Gasteiger partial charge < -0.3 is 10.4 Å². The van der Waals surface area contributed by atoms with Crippen molar-refractivity contribution < 1.29 is 14.5 Å². The number of aromatic nitrogens is 2. The van der Waals surface area contributed by atoms with Gasteiger partial charge in [0.25, 0.3) is 0 Å². The van der Waals surface area contributed by atoms with Crippen LogP contribution in [0.25, 0.3) is 0 Å². The van der Waals surface area contributed by atoms with Crippen LogP contribution in [0.1, 0.15) is 5.69 Å². The van der Waals surface area contributed by atoms with Crippen LogP contribution in [0, 0.1) is 0 Å². The van der Waals surface area contributed by atoms with Crippen molar-refractivity contribution in [3.8, 4) is 0 Å². The molecule has 0 saturated carbocycles. The summed E-state index contributed by atoms with van der Waals surface area (Å²) in [4.78, 5) is 12.8. The number of carboxylic acid groups (broad SMARTS) is 1. The molecular formula is C8H12N4O3. The Kier molecular flexibility index (Phi) is 2.93. The second-order valence-electron chi connectivity index (χ2n) is 3.48. The lowest BCUT2D eigenvalue weighted by Crippen LogP contribution is -2.53. The molecule has 1 saturated heterocycles. The molecule has 15 heavy (non-hydrogen) atoms. The number of piperazine rings is 1. The molecule has 1 aromatic rings. The zero-order chi connectivity index (χ0) is 10.7. The lowest BCUT2D eigenvalue weighted by Gasteiger charge is -2.30. The average molecular weight is 212 g/mol. The standard InChI is InChI=1S/C8H12N4O3/c13-8(14)7-5-12(2-1-9-7)4-6-3-10-15-11-6/h3,7,9H,1-2,4-5H2,(H,13,14). The predicted molar refractivity (Wildman–Crippen MR) is 49.0 cm³/mol. The molecule has 1 unspecified atom stereocenters. The highest BCUT2D eigenvalue weighted by atomic mass is 16.6. The fraction of sp³-hybridized carbons (Fsp3) is 0.625. The van der Waals surface area contributed by atoms with Crippen molar-refractivity contribution in [2.75, 3.05) is 19.6 Å². The van der Waals surface area contributed by atoms with Gasteiger partial charge in [-0.2, -0.15) is 0 Å². The highest BCUT2D eigenvalue weighted by molar-refractivity contribution is 5.73. The fourth-order valence-corrected chi connectivity index (χ4v) is 1.60. The lowest BCUT2D eigenvalue weighted by atomic mass is 10.2. The van der Waals surface area contributed by atoms with Crippen LogP contribution in [-0.4, -0.2) is 52.0 Å². The van der Waals surface area contributed by atoms with Crippen molar-refractivity contribution in [2.45, 2.75) is 12.6 Å². The summed E-state index contributed by atoms with van der Waals surface area (Å²) in [6.07, 6.45) is 1.54. The number of hydrogen-bond donors (Lipinski definition) is 2. The minimum atomic E-state index is -0.821. The van der Waals surface area contributed by atoms with Gasteiger partial charge in [-0.1, -0.05) is 10.3 Å². The Morgan fingerprint density at radius 3 is 3.33 bits per heavy atom. The smallest absolute Gasteiger partial charge is 0.322 e. The molecule has 1 aromatic heterocycles. The topological polar surface area (TPSA) is 91.5 Å². The fourth-order valence-electron chi connectivity index (χ4n) is 1.60. The molecule has 1 atom stereocenters. The van der Waals surface area contributed by atoms with Crippen LogP contribution in [0.4, 0.5) is 0 Å². The first kappa shape index (κ1) is 10.1. The van der Waals surface area contributed by atoms with E-state index in [1.807, 2.05) is 4.90 Å². The highest BCUT2D eigenvalue weighted by Gasteiger charge is 2.25. The van der Waals surface area contributed by atoms with E-state index in [-0.39, 0.29) is 0 Å². The van der Waals surface area contributed by atoms with E-state index in [0.29, 0.717) is 19.6 Å². The van der Waals surface area contributed by atoms with Crippen molar-refractivity contribution in [3.05, 3.63) is 11.9 Å². The third-order valence-electron chi connectivity index (χ3n) is 2.35. The van der Waals surface area contributed by atoms with E-state index in [1.165, 1.54) is 6.20 Å². The maximum absolute atomic E-state index is 10.8. The number of rotatable bonds is 3. The first-order valence-electron chi connectivity index (χ1n) is 4.70. The van der Waals surface area contributed by atoms with Gasteiger partial charge in [0, 0.05) is 26.2 Å². The molecule has 0 aliphatic carbocycles. The molecule has 0 bridgehead atoms. The summed E-state index contributed by atoms with van der Waals surface area (Å²) >= 11 is 0. The summed E-state index contributed by atoms with van der Waals surface area (Å²) in [7, 11) is 0. The van der Waals surface area contributed by atoms with Crippen molar-refractivity contribution in [3.63, 3.8) is 0 Å². The van der Waals surface area contributed by atoms with Crippen LogP contribution in [0.2, 0.25) is 0 Å². The molecule has 7 heteroatoms. The molecule has 0 amide bonds. The monoisotopic (exact) mass is 212 g/mol. The first-order chi connectivity index (χ1) is 7.25. The zero-order valence-electron chi connectivity index (χ0n) is 8.09.